The van der Waals surface area contributed by atoms with Crippen LogP contribution in [0.15, 0.2) is 54.7 Å². The zero-order chi connectivity index (χ0) is 18.6. The summed E-state index contributed by atoms with van der Waals surface area (Å²) < 4.78 is 19.2. The molecule has 0 saturated carbocycles. The number of hydrogen-bond acceptors (Lipinski definition) is 4. The Balaban J connectivity index is 1.57. The average molecular weight is 362 g/mol. The van der Waals surface area contributed by atoms with E-state index in [0.717, 1.165) is 29.2 Å². The number of nitriles is 1. The fourth-order valence-corrected chi connectivity index (χ4v) is 3.36. The summed E-state index contributed by atoms with van der Waals surface area (Å²) in [5.41, 5.74) is 3.28. The molecule has 0 bridgehead atoms. The summed E-state index contributed by atoms with van der Waals surface area (Å²) in [6.07, 6.45) is 1.73. The lowest BCUT2D eigenvalue weighted by atomic mass is 10.1. The predicted octanol–water partition coefficient (Wildman–Crippen LogP) is 3.66. The van der Waals surface area contributed by atoms with Crippen molar-refractivity contribution in [2.24, 2.45) is 0 Å². The van der Waals surface area contributed by atoms with Gasteiger partial charge in [-0.25, -0.2) is 9.37 Å². The van der Waals surface area contributed by atoms with Gasteiger partial charge < -0.3 is 9.72 Å². The number of nitrogens with one attached hydrogen (secondary N) is 1. The molecule has 1 unspecified atom stereocenters. The Morgan fingerprint density at radius 1 is 1.26 bits per heavy atom. The van der Waals surface area contributed by atoms with Crippen LogP contribution < -0.4 is 0 Å². The minimum Gasteiger partial charge on any atom is -0.378 e. The zero-order valence-corrected chi connectivity index (χ0v) is 14.7. The number of benzene rings is 2. The first-order chi connectivity index (χ1) is 13.2. The van der Waals surface area contributed by atoms with E-state index in [1.807, 2.05) is 24.3 Å². The molecule has 6 heteroatoms. The summed E-state index contributed by atoms with van der Waals surface area (Å²) in [6, 6.07) is 16.2. The van der Waals surface area contributed by atoms with Gasteiger partial charge in [-0.3, -0.25) is 4.90 Å². The summed E-state index contributed by atoms with van der Waals surface area (Å²) in [7, 11) is 0. The largest absolute Gasteiger partial charge is 0.378 e. The molecular weight excluding hydrogens is 343 g/mol. The Morgan fingerprint density at radius 3 is 3.00 bits per heavy atom. The molecule has 5 nitrogen and oxygen atoms in total. The molecule has 1 atom stereocenters. The molecule has 3 aromatic rings. The number of morpholine rings is 1. The highest BCUT2D eigenvalue weighted by Crippen LogP contribution is 2.27. The number of nitrogens with zero attached hydrogens (tertiary/aromatic N) is 3. The third kappa shape index (κ3) is 3.90. The van der Waals surface area contributed by atoms with Gasteiger partial charge in [-0.2, -0.15) is 5.26 Å². The average Bonchev–Trinajstić information content (AvgIpc) is 3.19. The van der Waals surface area contributed by atoms with E-state index in [1.165, 1.54) is 12.1 Å². The number of rotatable bonds is 4. The van der Waals surface area contributed by atoms with Crippen LogP contribution in [0.3, 0.4) is 0 Å². The molecular formula is C21H19FN4O. The van der Waals surface area contributed by atoms with Gasteiger partial charge in [0.25, 0.3) is 0 Å². The highest BCUT2D eigenvalue weighted by molar-refractivity contribution is 5.58. The number of halogens is 1. The van der Waals surface area contributed by atoms with Gasteiger partial charge in [0, 0.05) is 18.7 Å². The molecule has 27 heavy (non-hydrogen) atoms. The Bertz CT molecular complexity index is 978. The van der Waals surface area contributed by atoms with Crippen LogP contribution in [0.4, 0.5) is 4.39 Å². The molecule has 1 aromatic heterocycles. The van der Waals surface area contributed by atoms with Crippen molar-refractivity contribution in [3.63, 3.8) is 0 Å². The smallest absolute Gasteiger partial charge is 0.126 e. The lowest BCUT2D eigenvalue weighted by molar-refractivity contribution is -0.0156. The Morgan fingerprint density at radius 2 is 2.15 bits per heavy atom. The summed E-state index contributed by atoms with van der Waals surface area (Å²) in [4.78, 5) is 10.1. The van der Waals surface area contributed by atoms with Crippen molar-refractivity contribution in [1.29, 1.82) is 5.26 Å². The third-order valence-electron chi connectivity index (χ3n) is 4.73. The second-order valence-corrected chi connectivity index (χ2v) is 6.57. The lowest BCUT2D eigenvalue weighted by Crippen LogP contribution is -2.39. The third-order valence-corrected chi connectivity index (χ3v) is 4.73. The molecule has 2 heterocycles. The topological polar surface area (TPSA) is 64.9 Å². The number of imidazole rings is 1. The quantitative estimate of drug-likeness (QED) is 0.769. The van der Waals surface area contributed by atoms with Gasteiger partial charge in [-0.05, 0) is 29.8 Å². The van der Waals surface area contributed by atoms with Crippen molar-refractivity contribution in [3.05, 3.63) is 77.5 Å². The van der Waals surface area contributed by atoms with Crippen LogP contribution >= 0.6 is 0 Å². The van der Waals surface area contributed by atoms with E-state index in [1.54, 1.807) is 18.3 Å². The van der Waals surface area contributed by atoms with E-state index < -0.39 is 0 Å². The maximum atomic E-state index is 13.5. The van der Waals surface area contributed by atoms with E-state index in [2.05, 4.69) is 20.9 Å². The Kier molecular flexibility index (Phi) is 4.97. The standard InChI is InChI=1S/C21H19FN4O/c22-18-6-2-5-17(10-18)19-12-24-21(25-19)20-14-27-8-7-26(20)13-16-4-1-3-15(9-16)11-23/h1-6,9-10,12,20H,7-8,13-14H2,(H,24,25). The van der Waals surface area contributed by atoms with Crippen LogP contribution in [0, 0.1) is 17.1 Å². The van der Waals surface area contributed by atoms with Crippen LogP contribution in [0.2, 0.25) is 0 Å². The lowest BCUT2D eigenvalue weighted by Gasteiger charge is -2.34. The van der Waals surface area contributed by atoms with Crippen molar-refractivity contribution in [2.75, 3.05) is 19.8 Å². The molecule has 1 N–H and O–H groups in total. The highest BCUT2D eigenvalue weighted by Gasteiger charge is 2.27. The number of ether oxygens (including phenoxy) is 1. The summed E-state index contributed by atoms with van der Waals surface area (Å²) in [6.45, 7) is 2.68. The van der Waals surface area contributed by atoms with Crippen LogP contribution in [-0.2, 0) is 11.3 Å². The molecule has 0 radical (unpaired) electrons. The predicted molar refractivity (Wildman–Crippen MR) is 99.1 cm³/mol. The molecule has 1 fully saturated rings. The molecule has 1 saturated heterocycles. The highest BCUT2D eigenvalue weighted by atomic mass is 19.1. The van der Waals surface area contributed by atoms with Gasteiger partial charge in [0.2, 0.25) is 0 Å². The van der Waals surface area contributed by atoms with E-state index in [-0.39, 0.29) is 11.9 Å². The fraction of sp³-hybridized carbons (Fsp3) is 0.238. The second kappa shape index (κ2) is 7.70. The fourth-order valence-electron chi connectivity index (χ4n) is 3.36. The van der Waals surface area contributed by atoms with Gasteiger partial charge in [-0.15, -0.1) is 0 Å². The van der Waals surface area contributed by atoms with E-state index in [0.29, 0.717) is 25.3 Å². The van der Waals surface area contributed by atoms with Gasteiger partial charge in [-0.1, -0.05) is 24.3 Å². The second-order valence-electron chi connectivity index (χ2n) is 6.57. The molecule has 0 amide bonds. The summed E-state index contributed by atoms with van der Waals surface area (Å²) in [5.74, 6) is 0.522. The SMILES string of the molecule is N#Cc1cccc(CN2CCOCC2c2ncc(-c3cccc(F)c3)[nH]2)c1. The van der Waals surface area contributed by atoms with Crippen molar-refractivity contribution < 1.29 is 9.13 Å². The summed E-state index contributed by atoms with van der Waals surface area (Å²) in [5, 5.41) is 9.10. The van der Waals surface area contributed by atoms with Gasteiger partial charge >= 0.3 is 0 Å². The zero-order valence-electron chi connectivity index (χ0n) is 14.7. The van der Waals surface area contributed by atoms with Crippen molar-refractivity contribution >= 4 is 0 Å². The number of hydrogen-bond donors (Lipinski definition) is 1. The van der Waals surface area contributed by atoms with E-state index in [9.17, 15) is 4.39 Å². The first-order valence-corrected chi connectivity index (χ1v) is 8.84. The Hall–Kier alpha value is -3.01. The minimum atomic E-state index is -0.274. The van der Waals surface area contributed by atoms with Crippen molar-refractivity contribution in [3.8, 4) is 17.3 Å². The maximum absolute atomic E-state index is 13.5. The molecule has 2 aromatic carbocycles. The molecule has 4 rings (SSSR count). The van der Waals surface area contributed by atoms with Crippen molar-refractivity contribution in [1.82, 2.24) is 14.9 Å². The van der Waals surface area contributed by atoms with Gasteiger partial charge in [0.15, 0.2) is 0 Å². The maximum Gasteiger partial charge on any atom is 0.126 e. The van der Waals surface area contributed by atoms with Gasteiger partial charge in [0.05, 0.1) is 42.8 Å². The van der Waals surface area contributed by atoms with Crippen LogP contribution in [-0.4, -0.2) is 34.6 Å². The van der Waals surface area contributed by atoms with Crippen LogP contribution in [0.1, 0.15) is 23.0 Å². The normalized spacial score (nSPS) is 17.6. The monoisotopic (exact) mass is 362 g/mol. The minimum absolute atomic E-state index is 0.0215. The summed E-state index contributed by atoms with van der Waals surface area (Å²) >= 11 is 0. The number of aromatic nitrogens is 2. The molecule has 136 valence electrons. The van der Waals surface area contributed by atoms with E-state index in [4.69, 9.17) is 10.00 Å². The Labute approximate surface area is 157 Å². The molecule has 1 aliphatic heterocycles. The first kappa shape index (κ1) is 17.4. The van der Waals surface area contributed by atoms with Gasteiger partial charge in [0.1, 0.15) is 11.6 Å². The van der Waals surface area contributed by atoms with E-state index >= 15 is 0 Å². The van der Waals surface area contributed by atoms with Crippen LogP contribution in [0.25, 0.3) is 11.3 Å². The number of aromatic amines is 1. The van der Waals surface area contributed by atoms with Crippen molar-refractivity contribution in [2.45, 2.75) is 12.6 Å². The number of H-pyrrole nitrogens is 1. The first-order valence-electron chi connectivity index (χ1n) is 8.84. The molecule has 1 aliphatic rings. The molecule has 0 aliphatic carbocycles. The van der Waals surface area contributed by atoms with Crippen LogP contribution in [0.5, 0.6) is 0 Å². The molecule has 0 spiro atoms.